The summed E-state index contributed by atoms with van der Waals surface area (Å²) >= 11 is 0. The number of halogens is 1. The molecule has 2 aromatic carbocycles. The summed E-state index contributed by atoms with van der Waals surface area (Å²) in [5.74, 6) is 1.56. The number of aliphatic imine (C=N–C) groups is 1. The molecule has 0 saturated heterocycles. The van der Waals surface area contributed by atoms with E-state index in [4.69, 9.17) is 10.5 Å². The Morgan fingerprint density at radius 1 is 1.22 bits per heavy atom. The van der Waals surface area contributed by atoms with Crippen LogP contribution in [-0.2, 0) is 6.54 Å². The first kappa shape index (κ1) is 17.4. The van der Waals surface area contributed by atoms with Crippen molar-refractivity contribution in [2.75, 3.05) is 6.61 Å². The molecule has 5 nitrogen and oxygen atoms in total. The molecular weight excluding hydrogens is 405 g/mol. The highest BCUT2D eigenvalue weighted by Gasteiger charge is 2.21. The van der Waals surface area contributed by atoms with E-state index < -0.39 is 0 Å². The zero-order valence-corrected chi connectivity index (χ0v) is 14.9. The average Bonchev–Trinajstić information content (AvgIpc) is 2.55. The number of phenolic OH excluding ortho intramolecular Hbond substituents is 1. The first-order valence-corrected chi connectivity index (χ1v) is 7.28. The van der Waals surface area contributed by atoms with Crippen LogP contribution in [0.2, 0.25) is 0 Å². The Kier molecular flexibility index (Phi) is 6.09. The molecule has 4 N–H and O–H groups in total. The summed E-state index contributed by atoms with van der Waals surface area (Å²) < 4.78 is 5.63. The summed E-state index contributed by atoms with van der Waals surface area (Å²) in [6.45, 7) is 1.14. The second-order valence-corrected chi connectivity index (χ2v) is 5.24. The van der Waals surface area contributed by atoms with E-state index in [1.807, 2.05) is 36.4 Å². The SMILES string of the molecule is I.NC(=NCc1ccc(O)cc1)NC1CCOc2ccccc21. The number of para-hydroxylation sites is 1. The quantitative estimate of drug-likeness (QED) is 0.402. The van der Waals surface area contributed by atoms with Crippen LogP contribution in [0.5, 0.6) is 11.5 Å². The van der Waals surface area contributed by atoms with Crippen molar-refractivity contribution in [3.8, 4) is 11.5 Å². The Hall–Kier alpha value is -1.96. The van der Waals surface area contributed by atoms with Gasteiger partial charge in [-0.3, -0.25) is 0 Å². The molecule has 0 saturated carbocycles. The summed E-state index contributed by atoms with van der Waals surface area (Å²) in [5.41, 5.74) is 8.09. The Morgan fingerprint density at radius 3 is 2.74 bits per heavy atom. The smallest absolute Gasteiger partial charge is 0.189 e. The van der Waals surface area contributed by atoms with Gasteiger partial charge in [-0.25, -0.2) is 4.99 Å². The van der Waals surface area contributed by atoms with Gasteiger partial charge < -0.3 is 20.9 Å². The normalized spacial score (nSPS) is 16.7. The van der Waals surface area contributed by atoms with E-state index in [0.717, 1.165) is 23.3 Å². The highest BCUT2D eigenvalue weighted by atomic mass is 127. The molecule has 23 heavy (non-hydrogen) atoms. The molecule has 0 amide bonds. The van der Waals surface area contributed by atoms with E-state index in [0.29, 0.717) is 19.1 Å². The lowest BCUT2D eigenvalue weighted by molar-refractivity contribution is 0.262. The number of fused-ring (bicyclic) bond motifs is 1. The van der Waals surface area contributed by atoms with E-state index in [-0.39, 0.29) is 35.8 Å². The molecule has 0 aliphatic carbocycles. The van der Waals surface area contributed by atoms with Gasteiger partial charge in [-0.2, -0.15) is 0 Å². The third kappa shape index (κ3) is 4.51. The monoisotopic (exact) mass is 425 g/mol. The molecule has 1 unspecified atom stereocenters. The minimum atomic E-state index is 0. The molecule has 0 aromatic heterocycles. The van der Waals surface area contributed by atoms with Gasteiger partial charge in [0.05, 0.1) is 19.2 Å². The van der Waals surface area contributed by atoms with Crippen molar-refractivity contribution in [1.82, 2.24) is 5.32 Å². The number of hydrogen-bond donors (Lipinski definition) is 3. The molecule has 0 radical (unpaired) electrons. The largest absolute Gasteiger partial charge is 0.508 e. The second-order valence-electron chi connectivity index (χ2n) is 5.24. The van der Waals surface area contributed by atoms with Crippen LogP contribution in [0.4, 0.5) is 0 Å². The number of rotatable bonds is 3. The first-order chi connectivity index (χ1) is 10.7. The second kappa shape index (κ2) is 8.05. The lowest BCUT2D eigenvalue weighted by Crippen LogP contribution is -2.37. The van der Waals surface area contributed by atoms with Crippen LogP contribution < -0.4 is 15.8 Å². The van der Waals surface area contributed by atoms with Gasteiger partial charge in [-0.05, 0) is 23.8 Å². The Labute approximate surface area is 152 Å². The molecular formula is C17H20IN3O2. The number of nitrogens with one attached hydrogen (secondary N) is 1. The standard InChI is InChI=1S/C17H19N3O2.HI/c18-17(19-11-12-5-7-13(21)8-6-12)20-15-9-10-22-16-4-2-1-3-14(15)16;/h1-8,15,21H,9-11H2,(H3,18,19,20);1H. The molecule has 2 aromatic rings. The minimum Gasteiger partial charge on any atom is -0.508 e. The van der Waals surface area contributed by atoms with Crippen molar-refractivity contribution >= 4 is 29.9 Å². The molecule has 122 valence electrons. The number of guanidine groups is 1. The fourth-order valence-corrected chi connectivity index (χ4v) is 2.49. The maximum Gasteiger partial charge on any atom is 0.189 e. The van der Waals surface area contributed by atoms with Crippen molar-refractivity contribution in [2.45, 2.75) is 19.0 Å². The van der Waals surface area contributed by atoms with Crippen LogP contribution in [-0.4, -0.2) is 17.7 Å². The molecule has 0 bridgehead atoms. The first-order valence-electron chi connectivity index (χ1n) is 7.28. The number of phenols is 1. The van der Waals surface area contributed by atoms with Crippen LogP contribution in [0.1, 0.15) is 23.6 Å². The summed E-state index contributed by atoms with van der Waals surface area (Å²) in [5, 5.41) is 12.5. The molecule has 1 heterocycles. The van der Waals surface area contributed by atoms with Crippen molar-refractivity contribution in [3.63, 3.8) is 0 Å². The van der Waals surface area contributed by atoms with Gasteiger partial charge in [0.25, 0.3) is 0 Å². The zero-order valence-electron chi connectivity index (χ0n) is 12.6. The summed E-state index contributed by atoms with van der Waals surface area (Å²) in [6, 6.07) is 15.0. The number of hydrogen-bond acceptors (Lipinski definition) is 3. The van der Waals surface area contributed by atoms with Crippen LogP contribution in [0, 0.1) is 0 Å². The predicted molar refractivity (Wildman–Crippen MR) is 101 cm³/mol. The molecule has 1 atom stereocenters. The van der Waals surface area contributed by atoms with Crippen LogP contribution in [0.25, 0.3) is 0 Å². The number of aromatic hydroxyl groups is 1. The summed E-state index contributed by atoms with van der Waals surface area (Å²) in [6.07, 6.45) is 0.854. The van der Waals surface area contributed by atoms with Crippen molar-refractivity contribution < 1.29 is 9.84 Å². The molecule has 0 spiro atoms. The summed E-state index contributed by atoms with van der Waals surface area (Å²) in [4.78, 5) is 4.35. The molecule has 6 heteroatoms. The fourth-order valence-electron chi connectivity index (χ4n) is 2.49. The minimum absolute atomic E-state index is 0. The molecule has 1 aliphatic rings. The van der Waals surface area contributed by atoms with E-state index in [1.54, 1.807) is 12.1 Å². The number of nitrogens with two attached hydrogens (primary N) is 1. The van der Waals surface area contributed by atoms with Gasteiger partial charge in [0, 0.05) is 12.0 Å². The maximum atomic E-state index is 9.26. The lowest BCUT2D eigenvalue weighted by Gasteiger charge is -2.26. The topological polar surface area (TPSA) is 79.9 Å². The van der Waals surface area contributed by atoms with Gasteiger partial charge in [-0.1, -0.05) is 30.3 Å². The number of nitrogens with zero attached hydrogens (tertiary/aromatic N) is 1. The molecule has 3 rings (SSSR count). The summed E-state index contributed by atoms with van der Waals surface area (Å²) in [7, 11) is 0. The van der Waals surface area contributed by atoms with Gasteiger partial charge in [0.2, 0.25) is 0 Å². The van der Waals surface area contributed by atoms with Gasteiger partial charge in [0.15, 0.2) is 5.96 Å². The van der Waals surface area contributed by atoms with Crippen LogP contribution in [0.15, 0.2) is 53.5 Å². The predicted octanol–water partition coefficient (Wildman–Crippen LogP) is 2.94. The molecule has 0 fully saturated rings. The Bertz CT molecular complexity index is 674. The Morgan fingerprint density at radius 2 is 1.96 bits per heavy atom. The highest BCUT2D eigenvalue weighted by molar-refractivity contribution is 14.0. The van der Waals surface area contributed by atoms with E-state index >= 15 is 0 Å². The van der Waals surface area contributed by atoms with Crippen LogP contribution in [0.3, 0.4) is 0 Å². The van der Waals surface area contributed by atoms with Gasteiger partial charge >= 0.3 is 0 Å². The average molecular weight is 425 g/mol. The van der Waals surface area contributed by atoms with Crippen molar-refractivity contribution in [3.05, 3.63) is 59.7 Å². The third-order valence-corrected chi connectivity index (χ3v) is 3.65. The Balaban J connectivity index is 0.00000192. The van der Waals surface area contributed by atoms with Crippen LogP contribution >= 0.6 is 24.0 Å². The fraction of sp³-hybridized carbons (Fsp3) is 0.235. The number of benzene rings is 2. The highest BCUT2D eigenvalue weighted by Crippen LogP contribution is 2.31. The van der Waals surface area contributed by atoms with Crippen molar-refractivity contribution in [2.24, 2.45) is 10.7 Å². The number of ether oxygens (including phenoxy) is 1. The lowest BCUT2D eigenvalue weighted by atomic mass is 10.0. The maximum absolute atomic E-state index is 9.26. The van der Waals surface area contributed by atoms with E-state index in [1.165, 1.54) is 0 Å². The molecule has 1 aliphatic heterocycles. The van der Waals surface area contributed by atoms with E-state index in [2.05, 4.69) is 10.3 Å². The van der Waals surface area contributed by atoms with E-state index in [9.17, 15) is 5.11 Å². The van der Waals surface area contributed by atoms with Gasteiger partial charge in [0.1, 0.15) is 11.5 Å². The third-order valence-electron chi connectivity index (χ3n) is 3.65. The van der Waals surface area contributed by atoms with Crippen molar-refractivity contribution in [1.29, 1.82) is 0 Å². The zero-order chi connectivity index (χ0) is 15.4. The van der Waals surface area contributed by atoms with Gasteiger partial charge in [-0.15, -0.1) is 24.0 Å².